The Hall–Kier alpha value is -0.870. The first-order chi connectivity index (χ1) is 7.72. The zero-order valence-electron chi connectivity index (χ0n) is 9.56. The van der Waals surface area contributed by atoms with Crippen LogP contribution in [-0.2, 0) is 11.3 Å². The molecule has 0 bridgehead atoms. The van der Waals surface area contributed by atoms with Crippen LogP contribution in [0.5, 0.6) is 0 Å². The van der Waals surface area contributed by atoms with E-state index in [1.54, 1.807) is 11.3 Å². The molecular weight excluding hydrogens is 220 g/mol. The fourth-order valence-corrected chi connectivity index (χ4v) is 2.40. The summed E-state index contributed by atoms with van der Waals surface area (Å²) in [5.41, 5.74) is 7.04. The highest BCUT2D eigenvalue weighted by molar-refractivity contribution is 7.07. The number of amides is 1. The van der Waals surface area contributed by atoms with E-state index < -0.39 is 0 Å². The average molecular weight is 238 g/mol. The van der Waals surface area contributed by atoms with Crippen molar-refractivity contribution in [2.24, 2.45) is 5.73 Å². The lowest BCUT2D eigenvalue weighted by molar-refractivity contribution is -0.133. The molecule has 1 atom stereocenters. The van der Waals surface area contributed by atoms with Crippen LogP contribution in [0.15, 0.2) is 16.8 Å². The fraction of sp³-hybridized carbons (Fsp3) is 0.583. The van der Waals surface area contributed by atoms with E-state index in [4.69, 9.17) is 5.73 Å². The molecule has 4 heteroatoms. The number of carbonyl (C=O) groups excluding carboxylic acids is 1. The van der Waals surface area contributed by atoms with Gasteiger partial charge in [0.05, 0.1) is 6.04 Å². The highest BCUT2D eigenvalue weighted by Gasteiger charge is 2.34. The van der Waals surface area contributed by atoms with Crippen LogP contribution in [-0.4, -0.2) is 22.9 Å². The summed E-state index contributed by atoms with van der Waals surface area (Å²) in [6, 6.07) is 2.18. The Morgan fingerprint density at radius 2 is 2.44 bits per heavy atom. The molecule has 1 aliphatic rings. The van der Waals surface area contributed by atoms with E-state index in [-0.39, 0.29) is 11.9 Å². The standard InChI is InChI=1S/C12H18N2OS/c1-2-11(13)12(15)14(10-3-4-10)7-9-5-6-16-8-9/h5-6,8,10-11H,2-4,7,13H2,1H3. The van der Waals surface area contributed by atoms with Crippen LogP contribution in [0.1, 0.15) is 31.7 Å². The van der Waals surface area contributed by atoms with Crippen molar-refractivity contribution in [1.29, 1.82) is 0 Å². The van der Waals surface area contributed by atoms with Crippen molar-refractivity contribution in [1.82, 2.24) is 4.90 Å². The highest BCUT2D eigenvalue weighted by atomic mass is 32.1. The summed E-state index contributed by atoms with van der Waals surface area (Å²) in [6.07, 6.45) is 2.98. The molecule has 16 heavy (non-hydrogen) atoms. The Labute approximate surface area is 100 Å². The number of hydrogen-bond acceptors (Lipinski definition) is 3. The molecule has 2 N–H and O–H groups in total. The molecule has 1 aliphatic carbocycles. The summed E-state index contributed by atoms with van der Waals surface area (Å²) in [6.45, 7) is 2.68. The monoisotopic (exact) mass is 238 g/mol. The molecule has 1 aromatic heterocycles. The first kappa shape index (κ1) is 11.6. The van der Waals surface area contributed by atoms with E-state index in [1.807, 2.05) is 17.2 Å². The molecule has 1 amide bonds. The fourth-order valence-electron chi connectivity index (χ4n) is 1.74. The van der Waals surface area contributed by atoms with Gasteiger partial charge in [0.25, 0.3) is 0 Å². The van der Waals surface area contributed by atoms with Gasteiger partial charge in [0.2, 0.25) is 5.91 Å². The summed E-state index contributed by atoms with van der Waals surface area (Å²) in [4.78, 5) is 14.0. The SMILES string of the molecule is CCC(N)C(=O)N(Cc1ccsc1)C1CC1. The Bertz CT molecular complexity index is 346. The van der Waals surface area contributed by atoms with E-state index >= 15 is 0 Å². The average Bonchev–Trinajstić information content (AvgIpc) is 3.01. The molecule has 0 aliphatic heterocycles. The molecule has 0 aromatic carbocycles. The van der Waals surface area contributed by atoms with Gasteiger partial charge in [-0.1, -0.05) is 6.92 Å². The van der Waals surface area contributed by atoms with Crippen LogP contribution < -0.4 is 5.73 Å². The first-order valence-corrected chi connectivity index (χ1v) is 6.73. The van der Waals surface area contributed by atoms with Gasteiger partial charge in [0, 0.05) is 12.6 Å². The summed E-state index contributed by atoms with van der Waals surface area (Å²) >= 11 is 1.67. The van der Waals surface area contributed by atoms with Crippen molar-refractivity contribution < 1.29 is 4.79 Å². The van der Waals surface area contributed by atoms with Crippen LogP contribution in [0.4, 0.5) is 0 Å². The zero-order chi connectivity index (χ0) is 11.5. The van der Waals surface area contributed by atoms with Gasteiger partial charge in [-0.3, -0.25) is 4.79 Å². The van der Waals surface area contributed by atoms with E-state index in [0.717, 1.165) is 19.4 Å². The van der Waals surface area contributed by atoms with Crippen molar-refractivity contribution in [2.45, 2.75) is 44.8 Å². The van der Waals surface area contributed by atoms with Gasteiger partial charge in [0.1, 0.15) is 0 Å². The lowest BCUT2D eigenvalue weighted by atomic mass is 10.2. The smallest absolute Gasteiger partial charge is 0.240 e. The van der Waals surface area contributed by atoms with Crippen LogP contribution in [0.2, 0.25) is 0 Å². The number of nitrogens with zero attached hydrogens (tertiary/aromatic N) is 1. The predicted octanol–water partition coefficient (Wildman–Crippen LogP) is 1.98. The maximum atomic E-state index is 12.1. The second-order valence-corrected chi connectivity index (χ2v) is 5.12. The second-order valence-electron chi connectivity index (χ2n) is 4.34. The summed E-state index contributed by atoms with van der Waals surface area (Å²) in [5.74, 6) is 0.108. The Morgan fingerprint density at radius 1 is 1.69 bits per heavy atom. The molecule has 3 nitrogen and oxygen atoms in total. The molecule has 1 saturated carbocycles. The van der Waals surface area contributed by atoms with E-state index in [9.17, 15) is 4.79 Å². The quantitative estimate of drug-likeness (QED) is 0.852. The minimum absolute atomic E-state index is 0.108. The van der Waals surface area contributed by atoms with E-state index in [2.05, 4.69) is 11.4 Å². The normalized spacial score (nSPS) is 17.1. The van der Waals surface area contributed by atoms with E-state index in [0.29, 0.717) is 12.5 Å². The molecule has 1 aromatic rings. The van der Waals surface area contributed by atoms with Gasteiger partial charge >= 0.3 is 0 Å². The number of carbonyl (C=O) groups is 1. The number of hydrogen-bond donors (Lipinski definition) is 1. The molecule has 1 unspecified atom stereocenters. The molecule has 1 fully saturated rings. The molecule has 2 rings (SSSR count). The first-order valence-electron chi connectivity index (χ1n) is 5.79. The zero-order valence-corrected chi connectivity index (χ0v) is 10.4. The van der Waals surface area contributed by atoms with Crippen molar-refractivity contribution in [3.63, 3.8) is 0 Å². The largest absolute Gasteiger partial charge is 0.334 e. The van der Waals surface area contributed by atoms with Crippen molar-refractivity contribution >= 4 is 17.2 Å². The maximum Gasteiger partial charge on any atom is 0.240 e. The van der Waals surface area contributed by atoms with Gasteiger partial charge in [-0.2, -0.15) is 11.3 Å². The Balaban J connectivity index is 2.02. The highest BCUT2D eigenvalue weighted by Crippen LogP contribution is 2.29. The molecule has 0 saturated heterocycles. The predicted molar refractivity (Wildman–Crippen MR) is 66.2 cm³/mol. The molecular formula is C12H18N2OS. The Kier molecular flexibility index (Phi) is 3.61. The lowest BCUT2D eigenvalue weighted by Crippen LogP contribution is -2.44. The van der Waals surface area contributed by atoms with Crippen molar-refractivity contribution in [3.8, 4) is 0 Å². The lowest BCUT2D eigenvalue weighted by Gasteiger charge is -2.24. The molecule has 88 valence electrons. The van der Waals surface area contributed by atoms with Gasteiger partial charge in [-0.25, -0.2) is 0 Å². The van der Waals surface area contributed by atoms with E-state index in [1.165, 1.54) is 5.56 Å². The van der Waals surface area contributed by atoms with Crippen LogP contribution >= 0.6 is 11.3 Å². The summed E-state index contributed by atoms with van der Waals surface area (Å²) in [5, 5.41) is 4.14. The number of rotatable bonds is 5. The number of nitrogens with two attached hydrogens (primary N) is 1. The summed E-state index contributed by atoms with van der Waals surface area (Å²) in [7, 11) is 0. The third kappa shape index (κ3) is 2.62. The minimum Gasteiger partial charge on any atom is -0.334 e. The molecule has 0 radical (unpaired) electrons. The third-order valence-corrected chi connectivity index (χ3v) is 3.69. The molecule has 0 spiro atoms. The third-order valence-electron chi connectivity index (χ3n) is 2.96. The maximum absolute atomic E-state index is 12.1. The van der Waals surface area contributed by atoms with Gasteiger partial charge < -0.3 is 10.6 Å². The van der Waals surface area contributed by atoms with Crippen LogP contribution in [0.3, 0.4) is 0 Å². The van der Waals surface area contributed by atoms with Crippen LogP contribution in [0, 0.1) is 0 Å². The van der Waals surface area contributed by atoms with Crippen LogP contribution in [0.25, 0.3) is 0 Å². The second kappa shape index (κ2) is 4.97. The molecule has 1 heterocycles. The Morgan fingerprint density at radius 3 is 2.94 bits per heavy atom. The van der Waals surface area contributed by atoms with Gasteiger partial charge in [0.15, 0.2) is 0 Å². The van der Waals surface area contributed by atoms with Gasteiger partial charge in [-0.15, -0.1) is 0 Å². The number of thiophene rings is 1. The van der Waals surface area contributed by atoms with Gasteiger partial charge in [-0.05, 0) is 41.7 Å². The van der Waals surface area contributed by atoms with Crippen molar-refractivity contribution in [3.05, 3.63) is 22.4 Å². The topological polar surface area (TPSA) is 46.3 Å². The minimum atomic E-state index is -0.334. The van der Waals surface area contributed by atoms with Crippen molar-refractivity contribution in [2.75, 3.05) is 0 Å². The summed E-state index contributed by atoms with van der Waals surface area (Å²) < 4.78 is 0.